The Balaban J connectivity index is 1.88. The molecular formula is C10H19N. The molecule has 64 valence electrons. The van der Waals surface area contributed by atoms with Crippen LogP contribution in [0.15, 0.2) is 0 Å². The zero-order valence-electron chi connectivity index (χ0n) is 7.47. The molecule has 2 fully saturated rings. The van der Waals surface area contributed by atoms with Crippen molar-refractivity contribution in [1.29, 1.82) is 0 Å². The van der Waals surface area contributed by atoms with Gasteiger partial charge in [0.25, 0.3) is 0 Å². The molecule has 1 saturated heterocycles. The summed E-state index contributed by atoms with van der Waals surface area (Å²) in [5.74, 6) is 1.97. The van der Waals surface area contributed by atoms with Crippen molar-refractivity contribution in [3.05, 3.63) is 0 Å². The van der Waals surface area contributed by atoms with E-state index in [0.717, 1.165) is 17.9 Å². The van der Waals surface area contributed by atoms with Crippen molar-refractivity contribution >= 4 is 0 Å². The second-order valence-electron chi connectivity index (χ2n) is 4.29. The van der Waals surface area contributed by atoms with Gasteiger partial charge in [-0.3, -0.25) is 0 Å². The summed E-state index contributed by atoms with van der Waals surface area (Å²) in [5, 5.41) is 3.67. The number of piperidine rings is 1. The van der Waals surface area contributed by atoms with Crippen LogP contribution in [-0.4, -0.2) is 12.6 Å². The molecule has 1 nitrogen and oxygen atoms in total. The molecule has 1 N–H and O–H groups in total. The fourth-order valence-electron chi connectivity index (χ4n) is 2.50. The summed E-state index contributed by atoms with van der Waals surface area (Å²) in [5.41, 5.74) is 0. The molecule has 1 heteroatoms. The van der Waals surface area contributed by atoms with E-state index in [4.69, 9.17) is 0 Å². The molecule has 0 aromatic carbocycles. The third-order valence-corrected chi connectivity index (χ3v) is 3.49. The maximum Gasteiger partial charge on any atom is 0.0121 e. The molecule has 0 radical (unpaired) electrons. The van der Waals surface area contributed by atoms with E-state index in [9.17, 15) is 0 Å². The standard InChI is InChI=1S/C10H19N/c1-8-4-3-7-11-10(8)9-5-2-6-9/h8-11H,2-7H2,1H3. The highest BCUT2D eigenvalue weighted by molar-refractivity contribution is 4.88. The van der Waals surface area contributed by atoms with E-state index in [2.05, 4.69) is 12.2 Å². The van der Waals surface area contributed by atoms with Gasteiger partial charge >= 0.3 is 0 Å². The Morgan fingerprint density at radius 2 is 1.91 bits per heavy atom. The molecule has 2 unspecified atom stereocenters. The summed E-state index contributed by atoms with van der Waals surface area (Å²) in [4.78, 5) is 0. The first-order valence-electron chi connectivity index (χ1n) is 5.11. The van der Waals surface area contributed by atoms with E-state index in [1.807, 2.05) is 0 Å². The predicted octanol–water partition coefficient (Wildman–Crippen LogP) is 2.17. The van der Waals surface area contributed by atoms with Gasteiger partial charge in [0.1, 0.15) is 0 Å². The molecular weight excluding hydrogens is 134 g/mol. The van der Waals surface area contributed by atoms with Crippen molar-refractivity contribution in [2.24, 2.45) is 11.8 Å². The van der Waals surface area contributed by atoms with Gasteiger partial charge in [-0.25, -0.2) is 0 Å². The molecule has 11 heavy (non-hydrogen) atoms. The molecule has 0 aromatic heterocycles. The van der Waals surface area contributed by atoms with Crippen LogP contribution in [-0.2, 0) is 0 Å². The van der Waals surface area contributed by atoms with E-state index in [-0.39, 0.29) is 0 Å². The van der Waals surface area contributed by atoms with E-state index in [1.165, 1.54) is 38.6 Å². The Morgan fingerprint density at radius 1 is 1.09 bits per heavy atom. The molecule has 1 heterocycles. The van der Waals surface area contributed by atoms with E-state index in [0.29, 0.717) is 0 Å². The second-order valence-corrected chi connectivity index (χ2v) is 4.29. The van der Waals surface area contributed by atoms with Crippen molar-refractivity contribution in [1.82, 2.24) is 5.32 Å². The zero-order valence-corrected chi connectivity index (χ0v) is 7.47. The number of hydrogen-bond donors (Lipinski definition) is 1. The van der Waals surface area contributed by atoms with Crippen LogP contribution >= 0.6 is 0 Å². The second kappa shape index (κ2) is 3.14. The van der Waals surface area contributed by atoms with E-state index < -0.39 is 0 Å². The average Bonchev–Trinajstić information content (AvgIpc) is 1.90. The average molecular weight is 153 g/mol. The van der Waals surface area contributed by atoms with Crippen LogP contribution in [0.3, 0.4) is 0 Å². The molecule has 0 bridgehead atoms. The monoisotopic (exact) mass is 153 g/mol. The smallest absolute Gasteiger partial charge is 0.0121 e. The normalized spacial score (nSPS) is 40.1. The Kier molecular flexibility index (Phi) is 2.17. The van der Waals surface area contributed by atoms with Crippen LogP contribution < -0.4 is 5.32 Å². The highest BCUT2D eigenvalue weighted by Gasteiger charge is 2.32. The fraction of sp³-hybridized carbons (Fsp3) is 1.00. The molecule has 2 rings (SSSR count). The van der Waals surface area contributed by atoms with Crippen molar-refractivity contribution < 1.29 is 0 Å². The van der Waals surface area contributed by atoms with Crippen molar-refractivity contribution in [2.45, 2.75) is 45.1 Å². The maximum absolute atomic E-state index is 3.67. The van der Waals surface area contributed by atoms with E-state index >= 15 is 0 Å². The summed E-state index contributed by atoms with van der Waals surface area (Å²) in [7, 11) is 0. The summed E-state index contributed by atoms with van der Waals surface area (Å²) in [6.45, 7) is 3.68. The minimum atomic E-state index is 0.873. The van der Waals surface area contributed by atoms with Gasteiger partial charge in [0.2, 0.25) is 0 Å². The first-order valence-corrected chi connectivity index (χ1v) is 5.11. The lowest BCUT2D eigenvalue weighted by molar-refractivity contribution is 0.153. The quantitative estimate of drug-likeness (QED) is 0.609. The third-order valence-electron chi connectivity index (χ3n) is 3.49. The topological polar surface area (TPSA) is 12.0 Å². The molecule has 0 amide bonds. The molecule has 1 saturated carbocycles. The van der Waals surface area contributed by atoms with E-state index in [1.54, 1.807) is 0 Å². The number of rotatable bonds is 1. The predicted molar refractivity (Wildman–Crippen MR) is 47.5 cm³/mol. The Morgan fingerprint density at radius 3 is 2.45 bits per heavy atom. The summed E-state index contributed by atoms with van der Waals surface area (Å²) in [6.07, 6.45) is 7.30. The first kappa shape index (κ1) is 7.60. The first-order chi connectivity index (χ1) is 5.38. The summed E-state index contributed by atoms with van der Waals surface area (Å²) >= 11 is 0. The zero-order chi connectivity index (χ0) is 7.68. The summed E-state index contributed by atoms with van der Waals surface area (Å²) < 4.78 is 0. The molecule has 2 atom stereocenters. The molecule has 1 aliphatic carbocycles. The van der Waals surface area contributed by atoms with Crippen LogP contribution in [0.4, 0.5) is 0 Å². The summed E-state index contributed by atoms with van der Waals surface area (Å²) in [6, 6.07) is 0.873. The lowest BCUT2D eigenvalue weighted by atomic mass is 9.73. The van der Waals surface area contributed by atoms with Gasteiger partial charge in [0, 0.05) is 6.04 Å². The van der Waals surface area contributed by atoms with Gasteiger partial charge in [0.15, 0.2) is 0 Å². The number of hydrogen-bond acceptors (Lipinski definition) is 1. The van der Waals surface area contributed by atoms with Crippen molar-refractivity contribution in [3.8, 4) is 0 Å². The minimum absolute atomic E-state index is 0.873. The molecule has 1 aliphatic heterocycles. The Hall–Kier alpha value is -0.0400. The lowest BCUT2D eigenvalue weighted by Crippen LogP contribution is -2.47. The SMILES string of the molecule is CC1CCCNC1C1CCC1. The molecule has 0 aromatic rings. The van der Waals surface area contributed by atoms with Gasteiger partial charge in [-0.15, -0.1) is 0 Å². The van der Waals surface area contributed by atoms with Crippen LogP contribution in [0.1, 0.15) is 39.0 Å². The highest BCUT2D eigenvalue weighted by Crippen LogP contribution is 2.35. The number of nitrogens with one attached hydrogen (secondary N) is 1. The Bertz CT molecular complexity index is 127. The van der Waals surface area contributed by atoms with Crippen molar-refractivity contribution in [3.63, 3.8) is 0 Å². The highest BCUT2D eigenvalue weighted by atomic mass is 14.9. The fourth-order valence-corrected chi connectivity index (χ4v) is 2.50. The lowest BCUT2D eigenvalue weighted by Gasteiger charge is -2.40. The van der Waals surface area contributed by atoms with Gasteiger partial charge in [-0.2, -0.15) is 0 Å². The van der Waals surface area contributed by atoms with Crippen LogP contribution in [0.5, 0.6) is 0 Å². The van der Waals surface area contributed by atoms with Crippen molar-refractivity contribution in [2.75, 3.05) is 6.54 Å². The minimum Gasteiger partial charge on any atom is -0.313 e. The third kappa shape index (κ3) is 1.44. The van der Waals surface area contributed by atoms with Crippen LogP contribution in [0.25, 0.3) is 0 Å². The van der Waals surface area contributed by atoms with Gasteiger partial charge in [0.05, 0.1) is 0 Å². The van der Waals surface area contributed by atoms with Gasteiger partial charge < -0.3 is 5.32 Å². The molecule has 0 spiro atoms. The van der Waals surface area contributed by atoms with Crippen LogP contribution in [0, 0.1) is 11.8 Å². The Labute approximate surface area is 69.6 Å². The largest absolute Gasteiger partial charge is 0.313 e. The van der Waals surface area contributed by atoms with Gasteiger partial charge in [-0.1, -0.05) is 13.3 Å². The molecule has 2 aliphatic rings. The van der Waals surface area contributed by atoms with Gasteiger partial charge in [-0.05, 0) is 44.1 Å². The van der Waals surface area contributed by atoms with Crippen LogP contribution in [0.2, 0.25) is 0 Å². The maximum atomic E-state index is 3.67.